The molecule has 0 fully saturated rings. The molecule has 0 aromatic heterocycles. The Balaban J connectivity index is 0. The maximum absolute atomic E-state index is 0. The first-order valence-corrected chi connectivity index (χ1v) is 0. The summed E-state index contributed by atoms with van der Waals surface area (Å²) in [7, 11) is 0. The van der Waals surface area contributed by atoms with Gasteiger partial charge < -0.3 is 0 Å². The third-order valence-electron chi connectivity index (χ3n) is 0. The van der Waals surface area contributed by atoms with E-state index < -0.39 is 0 Å². The van der Waals surface area contributed by atoms with Crippen LogP contribution < -0.4 is 0 Å². The zero-order valence-corrected chi connectivity index (χ0v) is 5.49. The molecule has 0 saturated heterocycles. The van der Waals surface area contributed by atoms with E-state index in [9.17, 15) is 0 Å². The predicted octanol–water partition coefficient (Wildman–Crippen LogP) is -1.95. The van der Waals surface area contributed by atoms with Gasteiger partial charge in [-0.3, -0.25) is 0 Å². The summed E-state index contributed by atoms with van der Waals surface area (Å²) in [6.45, 7) is 0. The Hall–Kier alpha value is 2.19. The molecule has 0 N–H and O–H groups in total. The summed E-state index contributed by atoms with van der Waals surface area (Å²) in [5.41, 5.74) is 0. The fourth-order valence-corrected chi connectivity index (χ4v) is 0. The van der Waals surface area contributed by atoms with Crippen molar-refractivity contribution in [2.75, 3.05) is 0 Å². The summed E-state index contributed by atoms with van der Waals surface area (Å²) in [6, 6.07) is 0. The molecule has 0 saturated carbocycles. The molecule has 0 unspecified atom stereocenters. The summed E-state index contributed by atoms with van der Waals surface area (Å²) in [5, 5.41) is 0. The Labute approximate surface area is 70.3 Å². The second-order valence-electron chi connectivity index (χ2n) is 0. The summed E-state index contributed by atoms with van der Waals surface area (Å²) in [5.74, 6) is 0. The Bertz CT molecular complexity index is 6.00. The van der Waals surface area contributed by atoms with Crippen LogP contribution in [0.3, 0.4) is 0 Å². The van der Waals surface area contributed by atoms with Crippen LogP contribution >= 0.6 is 0 Å². The molecule has 4 heavy (non-hydrogen) atoms. The molecule has 5 radical (unpaired) electrons. The van der Waals surface area contributed by atoms with E-state index in [-0.39, 0.29) is 71.0 Å². The van der Waals surface area contributed by atoms with Crippen molar-refractivity contribution in [3.8, 4) is 0 Å². The monoisotopic (exact) mass is 295 g/mol. The maximum Gasteiger partial charge on any atom is 0 e. The van der Waals surface area contributed by atoms with E-state index in [0.717, 1.165) is 0 Å². The number of rotatable bonds is 0. The van der Waals surface area contributed by atoms with Crippen molar-refractivity contribution in [3.63, 3.8) is 0 Å². The van der Waals surface area contributed by atoms with E-state index in [1.54, 1.807) is 0 Å². The summed E-state index contributed by atoms with van der Waals surface area (Å²) >= 11 is 0. The molecule has 0 atom stereocenters. The molecular formula is H3CuGaSe2. The average Bonchev–Trinajstić information content (AvgIpc) is 0. The third kappa shape index (κ3) is 8.89. The van der Waals surface area contributed by atoms with E-state index in [0.29, 0.717) is 0 Å². The van der Waals surface area contributed by atoms with Crippen LogP contribution in [0.25, 0.3) is 0 Å². The van der Waals surface area contributed by atoms with Crippen molar-refractivity contribution in [2.24, 2.45) is 0 Å². The van der Waals surface area contributed by atoms with Crippen LogP contribution in [0.2, 0.25) is 0 Å². The third-order valence-corrected chi connectivity index (χ3v) is 0. The van der Waals surface area contributed by atoms with Gasteiger partial charge in [0.1, 0.15) is 0 Å². The molecule has 29 valence electrons. The molecule has 0 aliphatic carbocycles. The van der Waals surface area contributed by atoms with Gasteiger partial charge in [-0.2, -0.15) is 0 Å². The molecule has 0 aromatic rings. The van der Waals surface area contributed by atoms with E-state index in [2.05, 4.69) is 0 Å². The second-order valence-corrected chi connectivity index (χ2v) is 0. The van der Waals surface area contributed by atoms with Gasteiger partial charge in [0.2, 0.25) is 0 Å². The molecule has 4 heteroatoms. The molecule has 0 aliphatic heterocycles. The molecular weight excluding hydrogens is 291 g/mol. The Morgan fingerprint density at radius 2 is 0.750 bits per heavy atom. The fraction of sp³-hybridized carbons (Fsp3) is 0. The first-order chi connectivity index (χ1) is 0. The molecule has 0 nitrogen and oxygen atoms in total. The minimum Gasteiger partial charge on any atom is 0 e. The van der Waals surface area contributed by atoms with Gasteiger partial charge in [0.15, 0.2) is 0 Å². The van der Waals surface area contributed by atoms with Crippen molar-refractivity contribution in [2.45, 2.75) is 0 Å². The minimum atomic E-state index is 0. The van der Waals surface area contributed by atoms with Gasteiger partial charge in [-0.15, -0.1) is 0 Å². The van der Waals surface area contributed by atoms with Crippen LogP contribution in [0.15, 0.2) is 0 Å². The summed E-state index contributed by atoms with van der Waals surface area (Å²) < 4.78 is 0. The van der Waals surface area contributed by atoms with Crippen LogP contribution in [-0.4, -0.2) is 53.9 Å². The van der Waals surface area contributed by atoms with E-state index >= 15 is 0 Å². The van der Waals surface area contributed by atoms with Crippen LogP contribution in [0.4, 0.5) is 0 Å². The van der Waals surface area contributed by atoms with Crippen LogP contribution in [-0.2, 0) is 17.1 Å². The maximum atomic E-state index is 0. The molecule has 0 bridgehead atoms. The Morgan fingerprint density at radius 3 is 0.750 bits per heavy atom. The normalized spacial score (nSPS) is 0. The van der Waals surface area contributed by atoms with Gasteiger partial charge >= 0.3 is 19.8 Å². The van der Waals surface area contributed by atoms with E-state index in [1.165, 1.54) is 0 Å². The smallest absolute Gasteiger partial charge is 0 e. The molecule has 0 aromatic carbocycles. The van der Waals surface area contributed by atoms with E-state index in [1.807, 2.05) is 0 Å². The average molecular weight is 294 g/mol. The minimum absolute atomic E-state index is 0. The quantitative estimate of drug-likeness (QED) is 0.456. The molecule has 0 amide bonds. The fourth-order valence-electron chi connectivity index (χ4n) is 0. The zero-order valence-electron chi connectivity index (χ0n) is 1.12. The number of hydrogen-bond acceptors (Lipinski definition) is 0. The molecule has 0 aliphatic rings. The number of hydrogen-bond donors (Lipinski definition) is 0. The standard InChI is InChI=1S/Cu.Ga.2Se.3H. The topological polar surface area (TPSA) is 0 Å². The van der Waals surface area contributed by atoms with Crippen molar-refractivity contribution in [1.29, 1.82) is 0 Å². The largest absolute Gasteiger partial charge is 0 e. The molecule has 0 spiro atoms. The predicted molar refractivity (Wildman–Crippen MR) is 21.4 cm³/mol. The van der Waals surface area contributed by atoms with Crippen molar-refractivity contribution < 1.29 is 17.1 Å². The SMILES string of the molecule is [Cu].[GaH3].[Se].[Se]. The van der Waals surface area contributed by atoms with Crippen LogP contribution in [0.1, 0.15) is 0 Å². The molecule has 0 rings (SSSR count). The first kappa shape index (κ1) is 34.7. The van der Waals surface area contributed by atoms with Crippen LogP contribution in [0, 0.1) is 0 Å². The van der Waals surface area contributed by atoms with Gasteiger partial charge in [0.05, 0.1) is 0 Å². The van der Waals surface area contributed by atoms with Gasteiger partial charge in [0.25, 0.3) is 0 Å². The van der Waals surface area contributed by atoms with E-state index in [4.69, 9.17) is 0 Å². The van der Waals surface area contributed by atoms with Gasteiger partial charge in [-0.1, -0.05) is 0 Å². The second kappa shape index (κ2) is 19.0. The summed E-state index contributed by atoms with van der Waals surface area (Å²) in [6.07, 6.45) is 0. The zero-order chi connectivity index (χ0) is 0. The Kier molecular flexibility index (Phi) is 165. The van der Waals surface area contributed by atoms with Gasteiger partial charge in [-0.25, -0.2) is 0 Å². The van der Waals surface area contributed by atoms with Gasteiger partial charge in [0, 0.05) is 51.2 Å². The Morgan fingerprint density at radius 1 is 0.750 bits per heavy atom. The summed E-state index contributed by atoms with van der Waals surface area (Å²) in [4.78, 5) is 0. The first-order valence-electron chi connectivity index (χ1n) is 0. The molecule has 0 heterocycles. The van der Waals surface area contributed by atoms with Crippen molar-refractivity contribution >= 4 is 53.9 Å². The van der Waals surface area contributed by atoms with Crippen molar-refractivity contribution in [1.82, 2.24) is 0 Å². The van der Waals surface area contributed by atoms with Gasteiger partial charge in [-0.05, 0) is 0 Å². The van der Waals surface area contributed by atoms with Crippen LogP contribution in [0.5, 0.6) is 0 Å². The van der Waals surface area contributed by atoms with Crippen molar-refractivity contribution in [3.05, 3.63) is 0 Å².